The lowest BCUT2D eigenvalue weighted by molar-refractivity contribution is 0.482. The Morgan fingerprint density at radius 3 is 2.81 bits per heavy atom. The number of fused-ring (bicyclic) bond motifs is 3. The molecule has 3 aromatic heterocycles. The molecule has 8 heteroatoms. The Morgan fingerprint density at radius 1 is 1.16 bits per heavy atom. The third kappa shape index (κ3) is 3.10. The van der Waals surface area contributed by atoms with Crippen LogP contribution in [0.5, 0.6) is 5.75 Å². The summed E-state index contributed by atoms with van der Waals surface area (Å²) in [5.41, 5.74) is 1.52. The van der Waals surface area contributed by atoms with E-state index in [0.717, 1.165) is 24.0 Å². The van der Waals surface area contributed by atoms with E-state index in [0.29, 0.717) is 45.1 Å². The number of aryl methyl sites for hydroxylation is 1. The minimum absolute atomic E-state index is 0.134. The second-order valence-corrected chi connectivity index (χ2v) is 9.10. The van der Waals surface area contributed by atoms with E-state index in [2.05, 4.69) is 5.10 Å². The number of phenolic OH excluding ortho intramolecular Hbond substituents is 1. The van der Waals surface area contributed by atoms with E-state index in [1.165, 1.54) is 17.4 Å². The van der Waals surface area contributed by atoms with E-state index >= 15 is 0 Å². The highest BCUT2D eigenvalue weighted by atomic mass is 32.1. The van der Waals surface area contributed by atoms with Gasteiger partial charge < -0.3 is 5.11 Å². The summed E-state index contributed by atoms with van der Waals surface area (Å²) >= 11 is 1.30. The van der Waals surface area contributed by atoms with Crippen LogP contribution in [-0.2, 0) is 13.1 Å². The van der Waals surface area contributed by atoms with Crippen LogP contribution >= 0.6 is 11.3 Å². The van der Waals surface area contributed by atoms with Gasteiger partial charge >= 0.3 is 0 Å². The largest absolute Gasteiger partial charge is 0.506 e. The molecule has 0 atom stereocenters. The van der Waals surface area contributed by atoms with Crippen molar-refractivity contribution in [3.63, 3.8) is 0 Å². The fourth-order valence-electron chi connectivity index (χ4n) is 4.28. The van der Waals surface area contributed by atoms with Crippen molar-refractivity contribution in [2.45, 2.75) is 31.8 Å². The smallest absolute Gasteiger partial charge is 0.263 e. The van der Waals surface area contributed by atoms with Crippen LogP contribution in [0, 0.1) is 5.82 Å². The van der Waals surface area contributed by atoms with Gasteiger partial charge in [-0.25, -0.2) is 9.37 Å². The van der Waals surface area contributed by atoms with Gasteiger partial charge in [0.2, 0.25) is 0 Å². The fraction of sp³-hybridized carbons (Fsp3) is 0.208. The van der Waals surface area contributed by atoms with Gasteiger partial charge in [0.15, 0.2) is 0 Å². The minimum Gasteiger partial charge on any atom is -0.506 e. The molecule has 0 unspecified atom stereocenters. The maximum atomic E-state index is 14.1. The lowest BCUT2D eigenvalue weighted by Gasteiger charge is -2.16. The number of hydrogen-bond donors (Lipinski definition) is 1. The molecule has 6 rings (SSSR count). The van der Waals surface area contributed by atoms with Crippen LogP contribution in [0.25, 0.3) is 31.7 Å². The van der Waals surface area contributed by atoms with Crippen LogP contribution in [0.2, 0.25) is 0 Å². The SMILES string of the molecule is O=c1c2c(nc(-c3ccc(F)cc3C3CC3)n1CCn1cccn1)sc1c(O)cccc12. The predicted molar refractivity (Wildman–Crippen MR) is 123 cm³/mol. The summed E-state index contributed by atoms with van der Waals surface area (Å²) in [6, 6.07) is 11.7. The average Bonchev–Trinajstić information content (AvgIpc) is 3.36. The van der Waals surface area contributed by atoms with Gasteiger partial charge in [-0.1, -0.05) is 12.1 Å². The number of halogens is 1. The third-order valence-electron chi connectivity index (χ3n) is 5.98. The number of phenols is 1. The zero-order chi connectivity index (χ0) is 21.8. The number of nitrogens with zero attached hydrogens (tertiary/aromatic N) is 4. The van der Waals surface area contributed by atoms with Gasteiger partial charge in [0.05, 0.1) is 16.6 Å². The number of rotatable bonds is 5. The van der Waals surface area contributed by atoms with Gasteiger partial charge in [0.1, 0.15) is 22.2 Å². The highest BCUT2D eigenvalue weighted by Crippen LogP contribution is 2.45. The van der Waals surface area contributed by atoms with Crippen LogP contribution in [-0.4, -0.2) is 24.4 Å². The molecule has 1 aliphatic rings. The first kappa shape index (κ1) is 19.2. The summed E-state index contributed by atoms with van der Waals surface area (Å²) in [6.45, 7) is 0.872. The van der Waals surface area contributed by atoms with Gasteiger partial charge in [0, 0.05) is 29.9 Å². The van der Waals surface area contributed by atoms with Gasteiger partial charge in [-0.2, -0.15) is 5.10 Å². The van der Waals surface area contributed by atoms with Crippen LogP contribution in [0.15, 0.2) is 59.7 Å². The second-order valence-electron chi connectivity index (χ2n) is 8.10. The van der Waals surface area contributed by atoms with E-state index < -0.39 is 0 Å². The summed E-state index contributed by atoms with van der Waals surface area (Å²) in [5.74, 6) is 0.672. The molecule has 0 spiro atoms. The molecule has 0 saturated heterocycles. The van der Waals surface area contributed by atoms with Crippen molar-refractivity contribution in [1.82, 2.24) is 19.3 Å². The van der Waals surface area contributed by atoms with E-state index in [1.807, 2.05) is 18.3 Å². The first-order valence-corrected chi connectivity index (χ1v) is 11.3. The number of aromatic nitrogens is 4. The second kappa shape index (κ2) is 7.27. The number of hydrogen-bond acceptors (Lipinski definition) is 5. The quantitative estimate of drug-likeness (QED) is 0.417. The summed E-state index contributed by atoms with van der Waals surface area (Å²) in [7, 11) is 0. The molecule has 0 radical (unpaired) electrons. The number of thiophene rings is 1. The van der Waals surface area contributed by atoms with E-state index in [4.69, 9.17) is 4.98 Å². The summed E-state index contributed by atoms with van der Waals surface area (Å²) in [6.07, 6.45) is 5.56. The summed E-state index contributed by atoms with van der Waals surface area (Å²) in [5, 5.41) is 15.8. The Balaban J connectivity index is 1.63. The predicted octanol–water partition coefficient (Wildman–Crippen LogP) is 4.90. The number of aromatic hydroxyl groups is 1. The highest BCUT2D eigenvalue weighted by molar-refractivity contribution is 7.25. The van der Waals surface area contributed by atoms with Crippen molar-refractivity contribution in [2.24, 2.45) is 0 Å². The minimum atomic E-state index is -0.283. The van der Waals surface area contributed by atoms with Crippen molar-refractivity contribution in [3.05, 3.63) is 76.6 Å². The Kier molecular flexibility index (Phi) is 4.36. The Morgan fingerprint density at radius 2 is 2.03 bits per heavy atom. The molecule has 3 heterocycles. The fourth-order valence-corrected chi connectivity index (χ4v) is 5.36. The standard InChI is InChI=1S/C24H19FN4O2S/c25-15-7-8-16(18(13-15)14-5-6-14)22-27-23-20(17-3-1-4-19(30)21(17)32-23)24(31)29(22)12-11-28-10-2-9-26-28/h1-4,7-10,13-14,30H,5-6,11-12H2. The lowest BCUT2D eigenvalue weighted by Crippen LogP contribution is -2.25. The Bertz CT molecular complexity index is 1530. The zero-order valence-corrected chi connectivity index (χ0v) is 17.8. The molecule has 0 amide bonds. The van der Waals surface area contributed by atoms with Crippen molar-refractivity contribution in [3.8, 4) is 17.1 Å². The molecule has 0 aliphatic heterocycles. The molecule has 5 aromatic rings. The Labute approximate surface area is 186 Å². The van der Waals surface area contributed by atoms with Crippen molar-refractivity contribution in [1.29, 1.82) is 0 Å². The summed E-state index contributed by atoms with van der Waals surface area (Å²) < 4.78 is 18.2. The van der Waals surface area contributed by atoms with Gasteiger partial charge in [-0.3, -0.25) is 14.0 Å². The summed E-state index contributed by atoms with van der Waals surface area (Å²) in [4.78, 5) is 19.3. The monoisotopic (exact) mass is 446 g/mol. The topological polar surface area (TPSA) is 72.9 Å². The maximum Gasteiger partial charge on any atom is 0.263 e. The molecule has 6 nitrogen and oxygen atoms in total. The normalized spacial score (nSPS) is 13.9. The Hall–Kier alpha value is -3.52. The zero-order valence-electron chi connectivity index (χ0n) is 17.0. The first-order valence-electron chi connectivity index (χ1n) is 10.5. The average molecular weight is 447 g/mol. The van der Waals surface area contributed by atoms with Crippen LogP contribution < -0.4 is 5.56 Å². The molecular formula is C24H19FN4O2S. The molecule has 2 aromatic carbocycles. The molecule has 1 aliphatic carbocycles. The molecular weight excluding hydrogens is 427 g/mol. The first-order chi connectivity index (χ1) is 15.6. The molecule has 1 saturated carbocycles. The molecule has 1 fully saturated rings. The van der Waals surface area contributed by atoms with E-state index in [-0.39, 0.29) is 17.1 Å². The lowest BCUT2D eigenvalue weighted by atomic mass is 10.0. The van der Waals surface area contributed by atoms with Crippen LogP contribution in [0.1, 0.15) is 24.3 Å². The van der Waals surface area contributed by atoms with Crippen molar-refractivity contribution >= 4 is 31.6 Å². The highest BCUT2D eigenvalue weighted by Gasteiger charge is 2.29. The van der Waals surface area contributed by atoms with Crippen LogP contribution in [0.3, 0.4) is 0 Å². The van der Waals surface area contributed by atoms with Gasteiger partial charge in [-0.05, 0) is 54.7 Å². The molecule has 1 N–H and O–H groups in total. The number of benzene rings is 2. The molecule has 160 valence electrons. The molecule has 32 heavy (non-hydrogen) atoms. The maximum absolute atomic E-state index is 14.1. The molecule has 0 bridgehead atoms. The van der Waals surface area contributed by atoms with Gasteiger partial charge in [0.25, 0.3) is 5.56 Å². The van der Waals surface area contributed by atoms with E-state index in [1.54, 1.807) is 39.7 Å². The van der Waals surface area contributed by atoms with Gasteiger partial charge in [-0.15, -0.1) is 11.3 Å². The van der Waals surface area contributed by atoms with E-state index in [9.17, 15) is 14.3 Å². The van der Waals surface area contributed by atoms with Crippen LogP contribution in [0.4, 0.5) is 4.39 Å². The van der Waals surface area contributed by atoms with Crippen molar-refractivity contribution in [2.75, 3.05) is 0 Å². The van der Waals surface area contributed by atoms with Crippen molar-refractivity contribution < 1.29 is 9.50 Å². The third-order valence-corrected chi connectivity index (χ3v) is 7.10.